The molecule has 0 radical (unpaired) electrons. The lowest BCUT2D eigenvalue weighted by molar-refractivity contribution is 0.102. The second-order valence-corrected chi connectivity index (χ2v) is 7.55. The maximum absolute atomic E-state index is 12.8. The summed E-state index contributed by atoms with van der Waals surface area (Å²) in [4.78, 5) is 12.8. The molecule has 0 saturated carbocycles. The number of anilines is 1. The van der Waals surface area contributed by atoms with Crippen molar-refractivity contribution in [2.24, 2.45) is 0 Å². The minimum atomic E-state index is -0.145. The molecule has 4 rings (SSSR count). The van der Waals surface area contributed by atoms with E-state index in [2.05, 4.69) is 27.6 Å². The first-order valence-corrected chi connectivity index (χ1v) is 9.99. The van der Waals surface area contributed by atoms with Crippen LogP contribution in [0.2, 0.25) is 0 Å². The van der Waals surface area contributed by atoms with E-state index in [0.29, 0.717) is 10.7 Å². The molecule has 27 heavy (non-hydrogen) atoms. The summed E-state index contributed by atoms with van der Waals surface area (Å²) >= 11 is 1.39. The Hall–Kier alpha value is -2.57. The van der Waals surface area contributed by atoms with Crippen LogP contribution in [0.15, 0.2) is 54.6 Å². The third kappa shape index (κ3) is 4.40. The summed E-state index contributed by atoms with van der Waals surface area (Å²) in [6.07, 6.45) is 3.73. The molecule has 5 nitrogen and oxygen atoms in total. The summed E-state index contributed by atoms with van der Waals surface area (Å²) in [5, 5.41) is 12.5. The largest absolute Gasteiger partial charge is 0.371 e. The maximum atomic E-state index is 12.8. The van der Waals surface area contributed by atoms with Gasteiger partial charge in [0.15, 0.2) is 0 Å². The van der Waals surface area contributed by atoms with Gasteiger partial charge in [-0.3, -0.25) is 10.1 Å². The van der Waals surface area contributed by atoms with Gasteiger partial charge in [0.2, 0.25) is 5.13 Å². The van der Waals surface area contributed by atoms with Gasteiger partial charge in [-0.25, -0.2) is 0 Å². The Morgan fingerprint density at radius 3 is 2.70 bits per heavy atom. The lowest BCUT2D eigenvalue weighted by Gasteiger charge is -2.09. The summed E-state index contributed by atoms with van der Waals surface area (Å²) in [5.74, 6) is -0.145. The van der Waals surface area contributed by atoms with Gasteiger partial charge in [-0.15, -0.1) is 10.2 Å². The van der Waals surface area contributed by atoms with Crippen LogP contribution < -0.4 is 5.32 Å². The topological polar surface area (TPSA) is 64.1 Å². The van der Waals surface area contributed by atoms with Crippen LogP contribution in [0.1, 0.15) is 45.4 Å². The van der Waals surface area contributed by atoms with Crippen LogP contribution in [-0.2, 0) is 17.6 Å². The smallest absolute Gasteiger partial charge is 0.257 e. The van der Waals surface area contributed by atoms with Gasteiger partial charge >= 0.3 is 0 Å². The lowest BCUT2D eigenvalue weighted by Crippen LogP contribution is -2.14. The molecule has 138 valence electrons. The summed E-state index contributed by atoms with van der Waals surface area (Å²) in [7, 11) is 0. The van der Waals surface area contributed by atoms with E-state index in [1.165, 1.54) is 16.9 Å². The second kappa shape index (κ2) is 8.41. The van der Waals surface area contributed by atoms with Crippen molar-refractivity contribution in [3.63, 3.8) is 0 Å². The molecule has 0 aliphatic carbocycles. The van der Waals surface area contributed by atoms with Crippen molar-refractivity contribution < 1.29 is 9.53 Å². The van der Waals surface area contributed by atoms with Crippen LogP contribution >= 0.6 is 11.3 Å². The number of rotatable bonds is 6. The van der Waals surface area contributed by atoms with Gasteiger partial charge in [0, 0.05) is 12.2 Å². The molecule has 2 aromatic carbocycles. The van der Waals surface area contributed by atoms with E-state index in [1.807, 2.05) is 42.5 Å². The minimum absolute atomic E-state index is 0.0197. The fraction of sp³-hybridized carbons (Fsp3) is 0.286. The van der Waals surface area contributed by atoms with E-state index in [1.54, 1.807) is 0 Å². The Morgan fingerprint density at radius 2 is 1.89 bits per heavy atom. The van der Waals surface area contributed by atoms with Crippen LogP contribution in [0, 0.1) is 0 Å². The molecular formula is C21H21N3O2S. The quantitative estimate of drug-likeness (QED) is 0.688. The number of hydrogen-bond acceptors (Lipinski definition) is 5. The summed E-state index contributed by atoms with van der Waals surface area (Å²) in [5.41, 5.74) is 2.98. The predicted molar refractivity (Wildman–Crippen MR) is 106 cm³/mol. The van der Waals surface area contributed by atoms with Crippen molar-refractivity contribution in [3.05, 3.63) is 76.3 Å². The van der Waals surface area contributed by atoms with Crippen LogP contribution in [0.4, 0.5) is 5.13 Å². The molecule has 1 N–H and O–H groups in total. The molecule has 0 spiro atoms. The Bertz CT molecular complexity index is 905. The van der Waals surface area contributed by atoms with Gasteiger partial charge in [0.1, 0.15) is 11.1 Å². The number of carbonyl (C=O) groups is 1. The van der Waals surface area contributed by atoms with Gasteiger partial charge < -0.3 is 4.74 Å². The van der Waals surface area contributed by atoms with E-state index in [0.717, 1.165) is 42.9 Å². The first-order chi connectivity index (χ1) is 13.3. The van der Waals surface area contributed by atoms with E-state index in [4.69, 9.17) is 4.74 Å². The summed E-state index contributed by atoms with van der Waals surface area (Å²) in [6, 6.07) is 18.0. The maximum Gasteiger partial charge on any atom is 0.257 e. The Morgan fingerprint density at radius 1 is 1.07 bits per heavy atom. The van der Waals surface area contributed by atoms with Gasteiger partial charge in [-0.1, -0.05) is 59.9 Å². The molecule has 1 saturated heterocycles. The van der Waals surface area contributed by atoms with Gasteiger partial charge in [0.05, 0.1) is 0 Å². The van der Waals surface area contributed by atoms with E-state index >= 15 is 0 Å². The number of nitrogens with one attached hydrogen (secondary N) is 1. The zero-order valence-electron chi connectivity index (χ0n) is 14.9. The molecule has 1 amide bonds. The Labute approximate surface area is 162 Å². The first-order valence-electron chi connectivity index (χ1n) is 9.18. The lowest BCUT2D eigenvalue weighted by atomic mass is 9.99. The number of benzene rings is 2. The number of nitrogens with zero attached hydrogens (tertiary/aromatic N) is 2. The number of ether oxygens (including phenoxy) is 1. The minimum Gasteiger partial charge on any atom is -0.371 e. The average Bonchev–Trinajstić information content (AvgIpc) is 3.39. The Kier molecular flexibility index (Phi) is 5.55. The van der Waals surface area contributed by atoms with Crippen molar-refractivity contribution in [2.45, 2.75) is 31.8 Å². The van der Waals surface area contributed by atoms with Gasteiger partial charge in [0.25, 0.3) is 5.91 Å². The average molecular weight is 379 g/mol. The van der Waals surface area contributed by atoms with Crippen LogP contribution in [-0.4, -0.2) is 22.7 Å². The number of aromatic nitrogens is 2. The van der Waals surface area contributed by atoms with E-state index in [-0.39, 0.29) is 12.0 Å². The van der Waals surface area contributed by atoms with Crippen molar-refractivity contribution in [1.29, 1.82) is 0 Å². The monoisotopic (exact) mass is 379 g/mol. The molecular weight excluding hydrogens is 358 g/mol. The summed E-state index contributed by atoms with van der Waals surface area (Å²) < 4.78 is 5.63. The van der Waals surface area contributed by atoms with Gasteiger partial charge in [-0.05, 0) is 42.9 Å². The molecule has 1 unspecified atom stereocenters. The molecule has 2 heterocycles. The first kappa shape index (κ1) is 17.8. The molecule has 0 bridgehead atoms. The highest BCUT2D eigenvalue weighted by Gasteiger charge is 2.22. The van der Waals surface area contributed by atoms with Crippen molar-refractivity contribution in [2.75, 3.05) is 11.9 Å². The van der Waals surface area contributed by atoms with E-state index in [9.17, 15) is 4.79 Å². The third-order valence-corrected chi connectivity index (χ3v) is 5.58. The molecule has 1 atom stereocenters. The highest BCUT2D eigenvalue weighted by molar-refractivity contribution is 7.15. The van der Waals surface area contributed by atoms with E-state index < -0.39 is 0 Å². The van der Waals surface area contributed by atoms with Crippen LogP contribution in [0.3, 0.4) is 0 Å². The SMILES string of the molecule is O=C(Nc1nnc(C2CCCO2)s1)c1ccccc1CCc1ccccc1. The summed E-state index contributed by atoms with van der Waals surface area (Å²) in [6.45, 7) is 0.765. The molecule has 3 aromatic rings. The van der Waals surface area contributed by atoms with Crippen LogP contribution in [0.25, 0.3) is 0 Å². The molecule has 1 fully saturated rings. The number of aryl methyl sites for hydroxylation is 2. The molecule has 6 heteroatoms. The number of amides is 1. The van der Waals surface area contributed by atoms with Crippen LogP contribution in [0.5, 0.6) is 0 Å². The highest BCUT2D eigenvalue weighted by Crippen LogP contribution is 2.32. The zero-order chi connectivity index (χ0) is 18.5. The molecule has 1 aliphatic heterocycles. The highest BCUT2D eigenvalue weighted by atomic mass is 32.1. The number of carbonyl (C=O) groups excluding carboxylic acids is 1. The fourth-order valence-electron chi connectivity index (χ4n) is 3.24. The standard InChI is InChI=1S/C21H21N3O2S/c25-19(22-21-24-23-20(27-21)18-11-6-14-26-18)17-10-5-4-9-16(17)13-12-15-7-2-1-3-8-15/h1-5,7-10,18H,6,11-14H2,(H,22,24,25). The predicted octanol–water partition coefficient (Wildman–Crippen LogP) is 4.43. The van der Waals surface area contributed by atoms with Crippen molar-refractivity contribution >= 4 is 22.4 Å². The third-order valence-electron chi connectivity index (χ3n) is 4.65. The van der Waals surface area contributed by atoms with Crippen molar-refractivity contribution in [3.8, 4) is 0 Å². The Balaban J connectivity index is 1.44. The van der Waals surface area contributed by atoms with Crippen molar-refractivity contribution in [1.82, 2.24) is 10.2 Å². The second-order valence-electron chi connectivity index (χ2n) is 6.54. The molecule has 1 aromatic heterocycles. The fourth-order valence-corrected chi connectivity index (χ4v) is 4.06. The van der Waals surface area contributed by atoms with Gasteiger partial charge in [-0.2, -0.15) is 0 Å². The zero-order valence-corrected chi connectivity index (χ0v) is 15.7. The normalized spacial score (nSPS) is 16.4. The molecule has 1 aliphatic rings. The number of hydrogen-bond donors (Lipinski definition) is 1.